The van der Waals surface area contributed by atoms with Crippen LogP contribution in [0.4, 0.5) is 5.69 Å². The molecule has 1 aromatic carbocycles. The first-order valence-corrected chi connectivity index (χ1v) is 9.55. The first kappa shape index (κ1) is 20.8. The molecule has 0 unspecified atom stereocenters. The summed E-state index contributed by atoms with van der Waals surface area (Å²) in [5, 5.41) is 5.22. The fourth-order valence-corrected chi connectivity index (χ4v) is 2.44. The molecule has 0 radical (unpaired) electrons. The highest BCUT2D eigenvalue weighted by Crippen LogP contribution is 2.31. The van der Waals surface area contributed by atoms with Crippen molar-refractivity contribution in [2.75, 3.05) is 25.1 Å². The Morgan fingerprint density at radius 3 is 2.37 bits per heavy atom. The van der Waals surface area contributed by atoms with Crippen molar-refractivity contribution < 1.29 is 23.5 Å². The summed E-state index contributed by atoms with van der Waals surface area (Å²) in [4.78, 5) is 24.0. The number of hydrogen-bond acceptors (Lipinski definition) is 5. The Balaban J connectivity index is 1.94. The molecule has 1 aromatic heterocycles. The van der Waals surface area contributed by atoms with E-state index in [0.717, 1.165) is 12.8 Å². The zero-order valence-electron chi connectivity index (χ0n) is 15.3. The van der Waals surface area contributed by atoms with E-state index in [9.17, 15) is 9.59 Å². The van der Waals surface area contributed by atoms with E-state index in [1.165, 1.54) is 6.07 Å². The molecule has 27 heavy (non-hydrogen) atoms. The van der Waals surface area contributed by atoms with Crippen LogP contribution in [-0.2, 0) is 4.79 Å². The minimum Gasteiger partial charge on any atom is -0.490 e. The number of rotatable bonds is 10. The fourth-order valence-electron chi connectivity index (χ4n) is 2.13. The second-order valence-corrected chi connectivity index (χ2v) is 6.47. The maximum atomic E-state index is 12.1. The summed E-state index contributed by atoms with van der Waals surface area (Å²) >= 11 is 3.12. The molecule has 0 spiro atoms. The van der Waals surface area contributed by atoms with Gasteiger partial charge in [-0.05, 0) is 53.0 Å². The van der Waals surface area contributed by atoms with E-state index in [2.05, 4.69) is 26.6 Å². The second-order valence-electron chi connectivity index (χ2n) is 5.69. The zero-order valence-corrected chi connectivity index (χ0v) is 16.9. The molecule has 0 aliphatic rings. The third-order valence-electron chi connectivity index (χ3n) is 3.36. The van der Waals surface area contributed by atoms with E-state index in [0.29, 0.717) is 35.1 Å². The van der Waals surface area contributed by atoms with Crippen molar-refractivity contribution in [3.05, 3.63) is 40.8 Å². The lowest BCUT2D eigenvalue weighted by Crippen LogP contribution is -2.32. The summed E-state index contributed by atoms with van der Waals surface area (Å²) in [6, 6.07) is 8.32. The van der Waals surface area contributed by atoms with Gasteiger partial charge in [0.05, 0.1) is 19.8 Å². The SMILES string of the molecule is CCCOc1ccc(NC(=O)CNC(=O)c2ccc(Br)o2)cc1OCCC. The summed E-state index contributed by atoms with van der Waals surface area (Å²) in [6.07, 6.45) is 1.75. The molecule has 146 valence electrons. The molecule has 7 nitrogen and oxygen atoms in total. The second kappa shape index (κ2) is 10.6. The standard InChI is InChI=1S/C19H23BrN2O5/c1-3-9-25-14-6-5-13(11-16(14)26-10-4-2)22-18(23)12-21-19(24)15-7-8-17(20)27-15/h5-8,11H,3-4,9-10,12H2,1-2H3,(H,21,24)(H,22,23). The van der Waals surface area contributed by atoms with Crippen molar-refractivity contribution in [1.82, 2.24) is 5.32 Å². The maximum Gasteiger partial charge on any atom is 0.287 e. The molecule has 0 aliphatic carbocycles. The number of carbonyl (C=O) groups is 2. The van der Waals surface area contributed by atoms with Crippen molar-refractivity contribution in [3.8, 4) is 11.5 Å². The number of amides is 2. The van der Waals surface area contributed by atoms with E-state index >= 15 is 0 Å². The molecular formula is C19H23BrN2O5. The number of halogens is 1. The van der Waals surface area contributed by atoms with Crippen LogP contribution in [0.25, 0.3) is 0 Å². The van der Waals surface area contributed by atoms with Gasteiger partial charge in [0.2, 0.25) is 5.91 Å². The van der Waals surface area contributed by atoms with Gasteiger partial charge in [0.1, 0.15) is 0 Å². The van der Waals surface area contributed by atoms with E-state index in [4.69, 9.17) is 13.9 Å². The summed E-state index contributed by atoms with van der Waals surface area (Å²) < 4.78 is 16.9. The van der Waals surface area contributed by atoms with Crippen LogP contribution in [-0.4, -0.2) is 31.6 Å². The van der Waals surface area contributed by atoms with Crippen molar-refractivity contribution >= 4 is 33.4 Å². The molecule has 0 aliphatic heterocycles. The van der Waals surface area contributed by atoms with Gasteiger partial charge in [0, 0.05) is 11.8 Å². The van der Waals surface area contributed by atoms with Crippen LogP contribution in [0, 0.1) is 0 Å². The van der Waals surface area contributed by atoms with Gasteiger partial charge in [-0.3, -0.25) is 9.59 Å². The Morgan fingerprint density at radius 2 is 1.74 bits per heavy atom. The molecule has 8 heteroatoms. The van der Waals surface area contributed by atoms with Gasteiger partial charge >= 0.3 is 0 Å². The predicted molar refractivity (Wildman–Crippen MR) is 105 cm³/mol. The van der Waals surface area contributed by atoms with Crippen LogP contribution in [0.15, 0.2) is 39.4 Å². The first-order valence-electron chi connectivity index (χ1n) is 8.76. The van der Waals surface area contributed by atoms with Crippen LogP contribution in [0.3, 0.4) is 0 Å². The average molecular weight is 439 g/mol. The van der Waals surface area contributed by atoms with Crippen LogP contribution >= 0.6 is 15.9 Å². The molecule has 0 saturated carbocycles. The highest BCUT2D eigenvalue weighted by molar-refractivity contribution is 9.10. The molecule has 0 fully saturated rings. The molecule has 1 heterocycles. The van der Waals surface area contributed by atoms with Crippen LogP contribution < -0.4 is 20.1 Å². The van der Waals surface area contributed by atoms with Gasteiger partial charge in [-0.15, -0.1) is 0 Å². The number of benzene rings is 1. The van der Waals surface area contributed by atoms with Gasteiger partial charge in [-0.1, -0.05) is 13.8 Å². The van der Waals surface area contributed by atoms with Gasteiger partial charge in [-0.2, -0.15) is 0 Å². The van der Waals surface area contributed by atoms with Gasteiger partial charge in [-0.25, -0.2) is 0 Å². The number of anilines is 1. The fraction of sp³-hybridized carbons (Fsp3) is 0.368. The lowest BCUT2D eigenvalue weighted by molar-refractivity contribution is -0.115. The summed E-state index contributed by atoms with van der Waals surface area (Å²) in [6.45, 7) is 4.99. The molecular weight excluding hydrogens is 416 g/mol. The third kappa shape index (κ3) is 6.63. The third-order valence-corrected chi connectivity index (χ3v) is 3.78. The molecule has 0 saturated heterocycles. The normalized spacial score (nSPS) is 10.3. The summed E-state index contributed by atoms with van der Waals surface area (Å²) in [5.74, 6) is 0.513. The Kier molecular flexibility index (Phi) is 8.19. The Labute approximate surface area is 166 Å². The summed E-state index contributed by atoms with van der Waals surface area (Å²) in [7, 11) is 0. The van der Waals surface area contributed by atoms with E-state index in [1.807, 2.05) is 13.8 Å². The predicted octanol–water partition coefficient (Wildman–Crippen LogP) is 3.99. The smallest absolute Gasteiger partial charge is 0.287 e. The largest absolute Gasteiger partial charge is 0.490 e. The quantitative estimate of drug-likeness (QED) is 0.585. The number of carbonyl (C=O) groups excluding carboxylic acids is 2. The molecule has 0 bridgehead atoms. The molecule has 2 amide bonds. The lowest BCUT2D eigenvalue weighted by atomic mass is 10.2. The topological polar surface area (TPSA) is 89.8 Å². The van der Waals surface area contributed by atoms with Crippen LogP contribution in [0.1, 0.15) is 37.2 Å². The average Bonchev–Trinajstić information content (AvgIpc) is 3.10. The van der Waals surface area contributed by atoms with Crippen molar-refractivity contribution in [2.45, 2.75) is 26.7 Å². The number of hydrogen-bond donors (Lipinski definition) is 2. The zero-order chi connectivity index (χ0) is 19.6. The van der Waals surface area contributed by atoms with Gasteiger partial charge < -0.3 is 24.5 Å². The van der Waals surface area contributed by atoms with Gasteiger partial charge in [0.15, 0.2) is 21.9 Å². The van der Waals surface area contributed by atoms with Crippen molar-refractivity contribution in [2.24, 2.45) is 0 Å². The minimum atomic E-state index is -0.467. The number of nitrogens with one attached hydrogen (secondary N) is 2. The number of ether oxygens (including phenoxy) is 2. The number of furan rings is 1. The van der Waals surface area contributed by atoms with Crippen molar-refractivity contribution in [3.63, 3.8) is 0 Å². The Hall–Kier alpha value is -2.48. The van der Waals surface area contributed by atoms with Crippen molar-refractivity contribution in [1.29, 1.82) is 0 Å². The Morgan fingerprint density at radius 1 is 1.04 bits per heavy atom. The van der Waals surface area contributed by atoms with Crippen LogP contribution in [0.5, 0.6) is 11.5 Å². The van der Waals surface area contributed by atoms with E-state index < -0.39 is 5.91 Å². The minimum absolute atomic E-state index is 0.127. The maximum absolute atomic E-state index is 12.1. The van der Waals surface area contributed by atoms with E-state index in [-0.39, 0.29) is 18.2 Å². The highest BCUT2D eigenvalue weighted by Gasteiger charge is 2.13. The molecule has 0 atom stereocenters. The van der Waals surface area contributed by atoms with Crippen LogP contribution in [0.2, 0.25) is 0 Å². The first-order chi connectivity index (χ1) is 13.0. The highest BCUT2D eigenvalue weighted by atomic mass is 79.9. The van der Waals surface area contributed by atoms with E-state index in [1.54, 1.807) is 24.3 Å². The molecule has 2 aromatic rings. The molecule has 2 N–H and O–H groups in total. The molecule has 2 rings (SSSR count). The summed E-state index contributed by atoms with van der Waals surface area (Å²) in [5.41, 5.74) is 0.560. The van der Waals surface area contributed by atoms with Gasteiger partial charge in [0.25, 0.3) is 5.91 Å². The lowest BCUT2D eigenvalue weighted by Gasteiger charge is -2.14. The monoisotopic (exact) mass is 438 g/mol. The Bertz CT molecular complexity index is 775.